The third kappa shape index (κ3) is 2.69. The predicted molar refractivity (Wildman–Crippen MR) is 92.0 cm³/mol. The smallest absolute Gasteiger partial charge is 0.294 e. The third-order valence-electron chi connectivity index (χ3n) is 3.55. The third-order valence-corrected chi connectivity index (χ3v) is 4.46. The monoisotopic (exact) mass is 323 g/mol. The molecule has 0 N–H and O–H groups in total. The van der Waals surface area contributed by atoms with E-state index in [1.54, 1.807) is 13.2 Å². The van der Waals surface area contributed by atoms with Crippen LogP contribution in [-0.4, -0.2) is 29.7 Å². The minimum absolute atomic E-state index is 0.0192. The van der Waals surface area contributed by atoms with Crippen molar-refractivity contribution in [1.29, 1.82) is 0 Å². The molecule has 3 rings (SSSR count). The van der Waals surface area contributed by atoms with Crippen LogP contribution in [0.15, 0.2) is 41.3 Å². The topological polar surface area (TPSA) is 46.6 Å². The molecule has 1 aliphatic heterocycles. The zero-order valence-corrected chi connectivity index (χ0v) is 13.2. The summed E-state index contributed by atoms with van der Waals surface area (Å²) >= 11 is 0.892. The average molecular weight is 323 g/mol. The highest BCUT2D eigenvalue weighted by Crippen LogP contribution is 2.36. The highest BCUT2D eigenvalue weighted by Gasteiger charge is 2.34. The summed E-state index contributed by atoms with van der Waals surface area (Å²) in [5, 5.41) is 1.64. The second-order valence-corrected chi connectivity index (χ2v) is 5.87. The molecule has 0 aromatic heterocycles. The molecular formula is C18H13NO3S. The van der Waals surface area contributed by atoms with Gasteiger partial charge in [-0.15, -0.1) is 6.42 Å². The number of carbonyl (C=O) groups is 2. The number of rotatable bonds is 3. The van der Waals surface area contributed by atoms with Crippen molar-refractivity contribution in [2.24, 2.45) is 0 Å². The molecule has 23 heavy (non-hydrogen) atoms. The van der Waals surface area contributed by atoms with Crippen LogP contribution in [0.1, 0.15) is 5.56 Å². The number of carbonyl (C=O) groups excluding carboxylic acids is 2. The lowest BCUT2D eigenvalue weighted by Gasteiger charge is -2.10. The molecule has 0 bridgehead atoms. The van der Waals surface area contributed by atoms with Crippen LogP contribution in [-0.2, 0) is 4.79 Å². The van der Waals surface area contributed by atoms with Gasteiger partial charge in [-0.3, -0.25) is 14.5 Å². The number of thioether (sulfide) groups is 1. The van der Waals surface area contributed by atoms with Gasteiger partial charge in [0.2, 0.25) is 0 Å². The second kappa shape index (κ2) is 6.19. The van der Waals surface area contributed by atoms with Gasteiger partial charge in [-0.2, -0.15) is 0 Å². The summed E-state index contributed by atoms with van der Waals surface area (Å²) in [6.07, 6.45) is 6.90. The van der Waals surface area contributed by atoms with Crippen molar-refractivity contribution in [3.63, 3.8) is 0 Å². The van der Waals surface area contributed by atoms with E-state index in [1.165, 1.54) is 0 Å². The van der Waals surface area contributed by atoms with Crippen molar-refractivity contribution in [3.05, 3.63) is 46.9 Å². The zero-order valence-electron chi connectivity index (χ0n) is 12.4. The number of methoxy groups -OCH3 is 1. The Bertz CT molecular complexity index is 879. The maximum atomic E-state index is 12.3. The van der Waals surface area contributed by atoms with E-state index in [2.05, 4.69) is 5.92 Å². The molecule has 0 spiro atoms. The average Bonchev–Trinajstić information content (AvgIpc) is 2.83. The normalized spacial score (nSPS) is 16.2. The second-order valence-electron chi connectivity index (χ2n) is 4.87. The molecule has 1 heterocycles. The van der Waals surface area contributed by atoms with Gasteiger partial charge >= 0.3 is 0 Å². The summed E-state index contributed by atoms with van der Waals surface area (Å²) in [5.41, 5.74) is 0.775. The van der Waals surface area contributed by atoms with Gasteiger partial charge in [-0.1, -0.05) is 36.3 Å². The maximum absolute atomic E-state index is 12.3. The van der Waals surface area contributed by atoms with Gasteiger partial charge in [-0.25, -0.2) is 0 Å². The lowest BCUT2D eigenvalue weighted by Crippen LogP contribution is -2.28. The summed E-state index contributed by atoms with van der Waals surface area (Å²) in [5.74, 6) is 2.60. The van der Waals surface area contributed by atoms with Gasteiger partial charge in [0, 0.05) is 5.56 Å². The fourth-order valence-electron chi connectivity index (χ4n) is 2.46. The van der Waals surface area contributed by atoms with E-state index < -0.39 is 0 Å². The molecule has 0 aliphatic carbocycles. The fraction of sp³-hybridized carbons (Fsp3) is 0.111. The summed E-state index contributed by atoms with van der Waals surface area (Å²) in [7, 11) is 1.57. The van der Waals surface area contributed by atoms with Crippen LogP contribution in [0, 0.1) is 12.3 Å². The number of ether oxygens (including phenoxy) is 1. The van der Waals surface area contributed by atoms with Crippen molar-refractivity contribution in [3.8, 4) is 18.1 Å². The number of imide groups is 1. The van der Waals surface area contributed by atoms with E-state index in [0.29, 0.717) is 10.7 Å². The molecule has 5 heteroatoms. The van der Waals surface area contributed by atoms with Gasteiger partial charge in [-0.05, 0) is 34.7 Å². The van der Waals surface area contributed by atoms with Gasteiger partial charge in [0.25, 0.3) is 11.1 Å². The minimum atomic E-state index is -0.368. The summed E-state index contributed by atoms with van der Waals surface area (Å²) in [4.78, 5) is 25.6. The van der Waals surface area contributed by atoms with Gasteiger partial charge in [0.15, 0.2) is 0 Å². The summed E-state index contributed by atoms with van der Waals surface area (Å²) in [6, 6.07) is 11.6. The SMILES string of the molecule is C#CCN1C(=O)S/C(=C\c2c(OC)ccc3ccccc23)C1=O. The highest BCUT2D eigenvalue weighted by molar-refractivity contribution is 8.18. The van der Waals surface area contributed by atoms with Crippen molar-refractivity contribution in [2.45, 2.75) is 0 Å². The van der Waals surface area contributed by atoms with Crippen molar-refractivity contribution in [1.82, 2.24) is 4.90 Å². The Balaban J connectivity index is 2.13. The molecule has 1 saturated heterocycles. The molecule has 0 unspecified atom stereocenters. The van der Waals surface area contributed by atoms with Gasteiger partial charge < -0.3 is 4.74 Å². The zero-order chi connectivity index (χ0) is 16.4. The Morgan fingerprint density at radius 2 is 2.04 bits per heavy atom. The first kappa shape index (κ1) is 15.2. The Morgan fingerprint density at radius 1 is 1.26 bits per heavy atom. The number of fused-ring (bicyclic) bond motifs is 1. The molecule has 1 fully saturated rings. The number of terminal acetylenes is 1. The Labute approximate surface area is 138 Å². The van der Waals surface area contributed by atoms with Crippen LogP contribution in [0.2, 0.25) is 0 Å². The number of hydrogen-bond acceptors (Lipinski definition) is 4. The van der Waals surface area contributed by atoms with Crippen molar-refractivity contribution >= 4 is 39.8 Å². The molecule has 4 nitrogen and oxygen atoms in total. The molecule has 2 aromatic rings. The van der Waals surface area contributed by atoms with Crippen LogP contribution in [0.25, 0.3) is 16.8 Å². The van der Waals surface area contributed by atoms with Crippen LogP contribution in [0.5, 0.6) is 5.75 Å². The largest absolute Gasteiger partial charge is 0.496 e. The molecule has 114 valence electrons. The van der Waals surface area contributed by atoms with Crippen molar-refractivity contribution in [2.75, 3.05) is 13.7 Å². The lowest BCUT2D eigenvalue weighted by atomic mass is 10.0. The fourth-order valence-corrected chi connectivity index (χ4v) is 3.28. The number of benzene rings is 2. The minimum Gasteiger partial charge on any atom is -0.496 e. The van der Waals surface area contributed by atoms with Crippen LogP contribution in [0.3, 0.4) is 0 Å². The standard InChI is InChI=1S/C18H13NO3S/c1-3-10-19-17(20)16(23-18(19)21)11-14-13-7-5-4-6-12(13)8-9-15(14)22-2/h1,4-9,11H,10H2,2H3/b16-11-. The first-order valence-electron chi connectivity index (χ1n) is 6.90. The number of amides is 2. The molecule has 0 saturated carbocycles. The van der Waals surface area contributed by atoms with E-state index in [0.717, 1.165) is 33.0 Å². The number of nitrogens with zero attached hydrogens (tertiary/aromatic N) is 1. The highest BCUT2D eigenvalue weighted by atomic mass is 32.2. The summed E-state index contributed by atoms with van der Waals surface area (Å²) < 4.78 is 5.40. The molecule has 2 amide bonds. The van der Waals surface area contributed by atoms with Crippen LogP contribution >= 0.6 is 11.8 Å². The van der Waals surface area contributed by atoms with E-state index in [-0.39, 0.29) is 17.7 Å². The molecule has 0 radical (unpaired) electrons. The molecule has 0 atom stereocenters. The Morgan fingerprint density at radius 3 is 2.78 bits per heavy atom. The van der Waals surface area contributed by atoms with Gasteiger partial charge in [0.1, 0.15) is 5.75 Å². The maximum Gasteiger partial charge on any atom is 0.294 e. The predicted octanol–water partition coefficient (Wildman–Crippen LogP) is 3.52. The number of hydrogen-bond donors (Lipinski definition) is 0. The van der Waals surface area contributed by atoms with E-state index >= 15 is 0 Å². The molecular weight excluding hydrogens is 310 g/mol. The Hall–Kier alpha value is -2.71. The van der Waals surface area contributed by atoms with E-state index in [4.69, 9.17) is 11.2 Å². The first-order chi connectivity index (χ1) is 11.2. The molecule has 2 aromatic carbocycles. The summed E-state index contributed by atoms with van der Waals surface area (Å²) in [6.45, 7) is -0.0192. The molecule has 1 aliphatic rings. The first-order valence-corrected chi connectivity index (χ1v) is 7.72. The van der Waals surface area contributed by atoms with Crippen molar-refractivity contribution < 1.29 is 14.3 Å². The van der Waals surface area contributed by atoms with E-state index in [1.807, 2.05) is 36.4 Å². The lowest BCUT2D eigenvalue weighted by molar-refractivity contribution is -0.122. The van der Waals surface area contributed by atoms with Gasteiger partial charge in [0.05, 0.1) is 18.6 Å². The van der Waals surface area contributed by atoms with Crippen LogP contribution < -0.4 is 4.74 Å². The Kier molecular flexibility index (Phi) is 4.09. The van der Waals surface area contributed by atoms with E-state index in [9.17, 15) is 9.59 Å². The quantitative estimate of drug-likeness (QED) is 0.640. The van der Waals surface area contributed by atoms with Crippen LogP contribution in [0.4, 0.5) is 4.79 Å².